The largest absolute Gasteiger partial charge is 0.396 e. The molecule has 1 nitrogen and oxygen atoms in total. The molecule has 0 aliphatic heterocycles. The zero-order valence-electron chi connectivity index (χ0n) is 5.90. The highest BCUT2D eigenvalue weighted by molar-refractivity contribution is 5.18. The second-order valence-electron chi connectivity index (χ2n) is 3.14. The zero-order valence-corrected chi connectivity index (χ0v) is 5.90. The minimum Gasteiger partial charge on any atom is -0.396 e. The molecule has 2 aliphatic rings. The fourth-order valence-electron chi connectivity index (χ4n) is 1.95. The second-order valence-corrected chi connectivity index (χ2v) is 3.14. The predicted octanol–water partition coefficient (Wildman–Crippen LogP) is 1.36. The average Bonchev–Trinajstić information content (AvgIpc) is 2.19. The van der Waals surface area contributed by atoms with Gasteiger partial charge in [0.05, 0.1) is 0 Å². The van der Waals surface area contributed by atoms with Gasteiger partial charge in [-0.25, -0.2) is 0 Å². The number of aliphatic hydroxyl groups is 1. The summed E-state index contributed by atoms with van der Waals surface area (Å²) in [6, 6.07) is 0. The van der Waals surface area contributed by atoms with Gasteiger partial charge in [-0.3, -0.25) is 0 Å². The van der Waals surface area contributed by atoms with E-state index in [1.54, 1.807) is 0 Å². The summed E-state index contributed by atoms with van der Waals surface area (Å²) < 4.78 is 0. The van der Waals surface area contributed by atoms with Crippen molar-refractivity contribution in [3.8, 4) is 0 Å². The van der Waals surface area contributed by atoms with Crippen molar-refractivity contribution in [1.29, 1.82) is 0 Å². The highest BCUT2D eigenvalue weighted by atomic mass is 16.3. The van der Waals surface area contributed by atoms with E-state index in [1.165, 1.54) is 0 Å². The number of fused-ring (bicyclic) bond motifs is 2. The van der Waals surface area contributed by atoms with Crippen LogP contribution in [-0.4, -0.2) is 11.7 Å². The van der Waals surface area contributed by atoms with Crippen LogP contribution in [0.15, 0.2) is 24.3 Å². The third-order valence-corrected chi connectivity index (χ3v) is 2.60. The lowest BCUT2D eigenvalue weighted by Gasteiger charge is -2.23. The monoisotopic (exact) mass is 136 g/mol. The number of hydrogen-bond donors (Lipinski definition) is 1. The highest BCUT2D eigenvalue weighted by Crippen LogP contribution is 2.37. The quantitative estimate of drug-likeness (QED) is 0.539. The van der Waals surface area contributed by atoms with Crippen LogP contribution in [0.5, 0.6) is 0 Å². The molecule has 0 spiro atoms. The highest BCUT2D eigenvalue weighted by Gasteiger charge is 2.30. The first-order valence-corrected chi connectivity index (χ1v) is 3.87. The van der Waals surface area contributed by atoms with Gasteiger partial charge in [-0.1, -0.05) is 24.3 Å². The van der Waals surface area contributed by atoms with Gasteiger partial charge in [0.25, 0.3) is 0 Å². The summed E-state index contributed by atoms with van der Waals surface area (Å²) in [5.41, 5.74) is 0. The molecule has 0 aromatic heterocycles. The van der Waals surface area contributed by atoms with Gasteiger partial charge in [-0.05, 0) is 18.3 Å². The van der Waals surface area contributed by atoms with Crippen molar-refractivity contribution in [3.05, 3.63) is 24.3 Å². The van der Waals surface area contributed by atoms with E-state index in [0.29, 0.717) is 24.4 Å². The maximum absolute atomic E-state index is 9.00. The molecule has 2 rings (SSSR count). The summed E-state index contributed by atoms with van der Waals surface area (Å²) in [6.45, 7) is 0.340. The van der Waals surface area contributed by atoms with Crippen LogP contribution in [0.3, 0.4) is 0 Å². The fourth-order valence-corrected chi connectivity index (χ4v) is 1.95. The van der Waals surface area contributed by atoms with Gasteiger partial charge >= 0.3 is 0 Å². The number of hydrogen-bond acceptors (Lipinski definition) is 1. The van der Waals surface area contributed by atoms with Crippen LogP contribution >= 0.6 is 0 Å². The van der Waals surface area contributed by atoms with E-state index in [4.69, 9.17) is 5.11 Å². The lowest BCUT2D eigenvalue weighted by Crippen LogP contribution is -2.21. The van der Waals surface area contributed by atoms with Crippen molar-refractivity contribution < 1.29 is 5.11 Å². The van der Waals surface area contributed by atoms with Crippen LogP contribution in [0, 0.1) is 17.8 Å². The van der Waals surface area contributed by atoms with Crippen molar-refractivity contribution in [2.24, 2.45) is 17.8 Å². The molecule has 1 heteroatoms. The van der Waals surface area contributed by atoms with E-state index in [2.05, 4.69) is 24.3 Å². The average molecular weight is 136 g/mol. The lowest BCUT2D eigenvalue weighted by molar-refractivity contribution is 0.179. The van der Waals surface area contributed by atoms with Gasteiger partial charge in [0.2, 0.25) is 0 Å². The molecule has 0 aromatic carbocycles. The first-order valence-electron chi connectivity index (χ1n) is 3.87. The molecular formula is C9H12O. The summed E-state index contributed by atoms with van der Waals surface area (Å²) in [6.07, 6.45) is 10.0. The minimum atomic E-state index is 0.340. The second kappa shape index (κ2) is 2.24. The maximum Gasteiger partial charge on any atom is 0.0473 e. The number of allylic oxidation sites excluding steroid dienone is 4. The standard InChI is InChI=1S/C9H12O/c10-6-9-7-2-1-3-8(9)5-4-7/h1-2,4-5,7-10H,3,6H2/t7-,8-,9-/m1/s1. The van der Waals surface area contributed by atoms with Crippen LogP contribution in [0.25, 0.3) is 0 Å². The Bertz CT molecular complexity index is 179. The molecule has 0 heterocycles. The first-order chi connectivity index (χ1) is 4.92. The van der Waals surface area contributed by atoms with Gasteiger partial charge in [-0.2, -0.15) is 0 Å². The molecule has 54 valence electrons. The van der Waals surface area contributed by atoms with Crippen LogP contribution in [0.4, 0.5) is 0 Å². The van der Waals surface area contributed by atoms with Crippen molar-refractivity contribution in [1.82, 2.24) is 0 Å². The summed E-state index contributed by atoms with van der Waals surface area (Å²) in [5.74, 6) is 1.65. The van der Waals surface area contributed by atoms with Crippen LogP contribution in [0.2, 0.25) is 0 Å². The normalized spacial score (nSPS) is 42.7. The number of rotatable bonds is 1. The summed E-state index contributed by atoms with van der Waals surface area (Å²) >= 11 is 0. The Kier molecular flexibility index (Phi) is 1.38. The molecule has 1 N–H and O–H groups in total. The van der Waals surface area contributed by atoms with E-state index in [1.807, 2.05) is 0 Å². The molecule has 2 aliphatic carbocycles. The predicted molar refractivity (Wildman–Crippen MR) is 40.5 cm³/mol. The molecule has 0 unspecified atom stereocenters. The van der Waals surface area contributed by atoms with Crippen LogP contribution < -0.4 is 0 Å². The third kappa shape index (κ3) is 0.739. The molecule has 10 heavy (non-hydrogen) atoms. The molecule has 0 aromatic rings. The zero-order chi connectivity index (χ0) is 6.97. The molecular weight excluding hydrogens is 124 g/mol. The van der Waals surface area contributed by atoms with E-state index in [-0.39, 0.29) is 0 Å². The molecule has 0 saturated heterocycles. The Morgan fingerprint density at radius 2 is 2.20 bits per heavy atom. The van der Waals surface area contributed by atoms with Crippen molar-refractivity contribution in [2.45, 2.75) is 6.42 Å². The Hall–Kier alpha value is -0.560. The smallest absolute Gasteiger partial charge is 0.0473 e. The lowest BCUT2D eigenvalue weighted by atomic mass is 9.82. The topological polar surface area (TPSA) is 20.2 Å². The molecule has 0 radical (unpaired) electrons. The van der Waals surface area contributed by atoms with E-state index in [9.17, 15) is 0 Å². The van der Waals surface area contributed by atoms with Gasteiger partial charge in [0.1, 0.15) is 0 Å². The van der Waals surface area contributed by atoms with Gasteiger partial charge in [0, 0.05) is 12.5 Å². The molecule has 0 fully saturated rings. The van der Waals surface area contributed by atoms with E-state index in [0.717, 1.165) is 6.42 Å². The van der Waals surface area contributed by atoms with Crippen molar-refractivity contribution in [2.75, 3.05) is 6.61 Å². The van der Waals surface area contributed by atoms with Gasteiger partial charge in [0.15, 0.2) is 0 Å². The van der Waals surface area contributed by atoms with Gasteiger partial charge in [-0.15, -0.1) is 0 Å². The van der Waals surface area contributed by atoms with Crippen LogP contribution in [0.1, 0.15) is 6.42 Å². The Balaban J connectivity index is 2.21. The number of aliphatic hydroxyl groups excluding tert-OH is 1. The summed E-state index contributed by atoms with van der Waals surface area (Å²) in [7, 11) is 0. The van der Waals surface area contributed by atoms with Gasteiger partial charge < -0.3 is 5.11 Å². The minimum absolute atomic E-state index is 0.340. The first kappa shape index (κ1) is 6.17. The fraction of sp³-hybridized carbons (Fsp3) is 0.556. The molecule has 3 atom stereocenters. The molecule has 0 saturated carbocycles. The maximum atomic E-state index is 9.00. The molecule has 2 bridgehead atoms. The Morgan fingerprint density at radius 1 is 1.30 bits per heavy atom. The summed E-state index contributed by atoms with van der Waals surface area (Å²) in [5, 5.41) is 9.00. The van der Waals surface area contributed by atoms with Crippen molar-refractivity contribution in [3.63, 3.8) is 0 Å². The third-order valence-electron chi connectivity index (χ3n) is 2.60. The Morgan fingerprint density at radius 3 is 2.80 bits per heavy atom. The summed E-state index contributed by atoms with van der Waals surface area (Å²) in [4.78, 5) is 0. The van der Waals surface area contributed by atoms with Crippen molar-refractivity contribution >= 4 is 0 Å². The van der Waals surface area contributed by atoms with E-state index < -0.39 is 0 Å². The Labute approximate surface area is 61.1 Å². The molecule has 0 amide bonds. The van der Waals surface area contributed by atoms with E-state index >= 15 is 0 Å². The SMILES string of the molecule is OC[C@@H]1[C@@H]2C=CC[C@@H]1C=C2. The van der Waals surface area contributed by atoms with Crippen LogP contribution in [-0.2, 0) is 0 Å².